The molecule has 0 aliphatic carbocycles. The summed E-state index contributed by atoms with van der Waals surface area (Å²) in [4.78, 5) is 25.1. The van der Waals surface area contributed by atoms with Crippen molar-refractivity contribution in [2.45, 2.75) is 30.6 Å². The zero-order chi connectivity index (χ0) is 23.0. The molecule has 0 spiro atoms. The molecule has 32 heavy (non-hydrogen) atoms. The lowest BCUT2D eigenvalue weighted by molar-refractivity contribution is 0.102. The predicted molar refractivity (Wildman–Crippen MR) is 125 cm³/mol. The summed E-state index contributed by atoms with van der Waals surface area (Å²) in [6.07, 6.45) is 3.67. The van der Waals surface area contributed by atoms with Gasteiger partial charge in [-0.1, -0.05) is 24.4 Å². The Labute approximate surface area is 191 Å². The Bertz CT molecular complexity index is 1350. The van der Waals surface area contributed by atoms with Crippen LogP contribution in [0.25, 0.3) is 11.0 Å². The number of amides is 1. The molecule has 3 aromatic rings. The Kier molecular flexibility index (Phi) is 6.15. The highest BCUT2D eigenvalue weighted by Gasteiger charge is 2.26. The summed E-state index contributed by atoms with van der Waals surface area (Å²) >= 11 is 6.25. The van der Waals surface area contributed by atoms with Gasteiger partial charge in [0, 0.05) is 32.9 Å². The van der Waals surface area contributed by atoms with E-state index in [4.69, 9.17) is 11.6 Å². The first-order valence-corrected chi connectivity index (χ1v) is 12.3. The van der Waals surface area contributed by atoms with E-state index < -0.39 is 15.9 Å². The molecule has 0 radical (unpaired) electrons. The predicted octanol–water partition coefficient (Wildman–Crippen LogP) is 3.35. The number of carbonyl (C=O) groups is 1. The van der Waals surface area contributed by atoms with Crippen LogP contribution < -0.4 is 11.0 Å². The van der Waals surface area contributed by atoms with Crippen LogP contribution in [0.15, 0.2) is 46.1 Å². The normalized spacial score (nSPS) is 15.6. The van der Waals surface area contributed by atoms with Gasteiger partial charge in [-0.15, -0.1) is 0 Å². The summed E-state index contributed by atoms with van der Waals surface area (Å²) in [6, 6.07) is 9.32. The number of fused-ring (bicyclic) bond motifs is 1. The number of benzene rings is 2. The van der Waals surface area contributed by atoms with Crippen LogP contribution in [0.5, 0.6) is 0 Å². The molecule has 1 aliphatic heterocycles. The van der Waals surface area contributed by atoms with Gasteiger partial charge in [-0.3, -0.25) is 13.9 Å². The van der Waals surface area contributed by atoms with Crippen LogP contribution in [-0.4, -0.2) is 40.9 Å². The number of hydrogen-bond acceptors (Lipinski definition) is 4. The lowest BCUT2D eigenvalue weighted by Gasteiger charge is -2.20. The minimum atomic E-state index is -3.71. The molecule has 0 saturated carbocycles. The molecule has 1 saturated heterocycles. The van der Waals surface area contributed by atoms with Crippen molar-refractivity contribution in [3.8, 4) is 0 Å². The summed E-state index contributed by atoms with van der Waals surface area (Å²) < 4.78 is 30.7. The first kappa shape index (κ1) is 22.6. The van der Waals surface area contributed by atoms with Gasteiger partial charge in [0.05, 0.1) is 26.5 Å². The number of aromatic nitrogens is 2. The van der Waals surface area contributed by atoms with Gasteiger partial charge in [-0.2, -0.15) is 4.31 Å². The average Bonchev–Trinajstić information content (AvgIpc) is 2.98. The molecule has 0 unspecified atom stereocenters. The molecule has 170 valence electrons. The van der Waals surface area contributed by atoms with E-state index in [1.165, 1.54) is 31.6 Å². The highest BCUT2D eigenvalue weighted by atomic mass is 35.5. The van der Waals surface area contributed by atoms with Gasteiger partial charge >= 0.3 is 5.69 Å². The Morgan fingerprint density at radius 1 is 0.938 bits per heavy atom. The van der Waals surface area contributed by atoms with Crippen LogP contribution in [-0.2, 0) is 24.1 Å². The summed E-state index contributed by atoms with van der Waals surface area (Å²) in [5.74, 6) is -0.525. The molecule has 1 N–H and O–H groups in total. The average molecular weight is 477 g/mol. The van der Waals surface area contributed by atoms with E-state index in [0.717, 1.165) is 31.2 Å². The van der Waals surface area contributed by atoms with Gasteiger partial charge in [0.15, 0.2) is 0 Å². The van der Waals surface area contributed by atoms with Gasteiger partial charge in [0.2, 0.25) is 10.0 Å². The van der Waals surface area contributed by atoms with E-state index in [2.05, 4.69) is 5.32 Å². The fourth-order valence-electron chi connectivity index (χ4n) is 4.05. The van der Waals surface area contributed by atoms with Gasteiger partial charge in [0.25, 0.3) is 5.91 Å². The fraction of sp³-hybridized carbons (Fsp3) is 0.364. The monoisotopic (exact) mass is 476 g/mol. The molecule has 2 heterocycles. The number of aryl methyl sites for hydroxylation is 2. The molecule has 2 aromatic carbocycles. The number of hydrogen-bond donors (Lipinski definition) is 1. The first-order chi connectivity index (χ1) is 15.2. The lowest BCUT2D eigenvalue weighted by atomic mass is 10.2. The second-order valence-corrected chi connectivity index (χ2v) is 10.4. The Morgan fingerprint density at radius 3 is 2.28 bits per heavy atom. The minimum Gasteiger partial charge on any atom is -0.322 e. The zero-order valence-electron chi connectivity index (χ0n) is 18.0. The zero-order valence-corrected chi connectivity index (χ0v) is 19.5. The quantitative estimate of drug-likeness (QED) is 0.624. The fourth-order valence-corrected chi connectivity index (χ4v) is 5.80. The number of sulfonamides is 1. The maximum atomic E-state index is 13.1. The van der Waals surface area contributed by atoms with Gasteiger partial charge < -0.3 is 5.32 Å². The van der Waals surface area contributed by atoms with Crippen LogP contribution in [0.4, 0.5) is 5.69 Å². The summed E-state index contributed by atoms with van der Waals surface area (Å²) in [5, 5.41) is 2.92. The van der Waals surface area contributed by atoms with E-state index >= 15 is 0 Å². The SMILES string of the molecule is Cn1c(=O)n(C)c2cc(NC(=O)c3cc(S(=O)(=O)N4CCCCCC4)ccc3Cl)ccc21. The molecule has 1 aliphatic rings. The van der Waals surface area contributed by atoms with Crippen LogP contribution in [0.3, 0.4) is 0 Å². The molecule has 8 nitrogen and oxygen atoms in total. The number of nitrogens with one attached hydrogen (secondary N) is 1. The lowest BCUT2D eigenvalue weighted by Crippen LogP contribution is -2.32. The van der Waals surface area contributed by atoms with E-state index in [1.807, 2.05) is 0 Å². The maximum Gasteiger partial charge on any atom is 0.328 e. The Morgan fingerprint density at radius 2 is 1.59 bits per heavy atom. The summed E-state index contributed by atoms with van der Waals surface area (Å²) in [6.45, 7) is 0.949. The van der Waals surface area contributed by atoms with Crippen molar-refractivity contribution in [3.05, 3.63) is 57.5 Å². The van der Waals surface area contributed by atoms with Gasteiger partial charge in [0.1, 0.15) is 0 Å². The molecule has 1 amide bonds. The van der Waals surface area contributed by atoms with Crippen LogP contribution in [0, 0.1) is 0 Å². The van der Waals surface area contributed by atoms with Crippen LogP contribution in [0.1, 0.15) is 36.0 Å². The van der Waals surface area contributed by atoms with Gasteiger partial charge in [-0.25, -0.2) is 13.2 Å². The number of halogens is 1. The third-order valence-electron chi connectivity index (χ3n) is 5.92. The van der Waals surface area contributed by atoms with Crippen molar-refractivity contribution in [2.75, 3.05) is 18.4 Å². The van der Waals surface area contributed by atoms with E-state index in [9.17, 15) is 18.0 Å². The van der Waals surface area contributed by atoms with Crippen LogP contribution in [0.2, 0.25) is 5.02 Å². The molecule has 1 aromatic heterocycles. The first-order valence-electron chi connectivity index (χ1n) is 10.5. The van der Waals surface area contributed by atoms with Crippen molar-refractivity contribution >= 4 is 44.3 Å². The van der Waals surface area contributed by atoms with Crippen molar-refractivity contribution < 1.29 is 13.2 Å². The third kappa shape index (κ3) is 4.07. The number of nitrogens with zero attached hydrogens (tertiary/aromatic N) is 3. The molecule has 1 fully saturated rings. The highest BCUT2D eigenvalue weighted by Crippen LogP contribution is 2.26. The smallest absolute Gasteiger partial charge is 0.322 e. The molecular formula is C22H25ClN4O4S. The molecule has 4 rings (SSSR count). The van der Waals surface area contributed by atoms with Crippen molar-refractivity contribution in [1.82, 2.24) is 13.4 Å². The number of rotatable bonds is 4. The second kappa shape index (κ2) is 8.73. The highest BCUT2D eigenvalue weighted by molar-refractivity contribution is 7.89. The van der Waals surface area contributed by atoms with Gasteiger partial charge in [-0.05, 0) is 49.2 Å². The van der Waals surface area contributed by atoms with Crippen molar-refractivity contribution in [3.63, 3.8) is 0 Å². The Balaban J connectivity index is 1.64. The van der Waals surface area contributed by atoms with E-state index in [1.54, 1.807) is 32.3 Å². The number of imidazole rings is 1. The molecule has 10 heteroatoms. The minimum absolute atomic E-state index is 0.0508. The summed E-state index contributed by atoms with van der Waals surface area (Å²) in [7, 11) is -0.377. The molecule has 0 bridgehead atoms. The Hall–Kier alpha value is -2.62. The van der Waals surface area contributed by atoms with E-state index in [0.29, 0.717) is 24.3 Å². The van der Waals surface area contributed by atoms with Crippen molar-refractivity contribution in [2.24, 2.45) is 14.1 Å². The van der Waals surface area contributed by atoms with Crippen molar-refractivity contribution in [1.29, 1.82) is 0 Å². The number of carbonyl (C=O) groups excluding carboxylic acids is 1. The van der Waals surface area contributed by atoms with E-state index in [-0.39, 0.29) is 21.2 Å². The topological polar surface area (TPSA) is 93.4 Å². The second-order valence-electron chi connectivity index (χ2n) is 8.02. The largest absolute Gasteiger partial charge is 0.328 e. The standard InChI is InChI=1S/C22H25ClN4O4S/c1-25-19-10-7-15(13-20(19)26(2)22(25)29)24-21(28)17-14-16(8-9-18(17)23)32(30,31)27-11-5-3-4-6-12-27/h7-10,13-14H,3-6,11-12H2,1-2H3,(H,24,28). The maximum absolute atomic E-state index is 13.1. The summed E-state index contributed by atoms with van der Waals surface area (Å²) in [5.41, 5.74) is 1.78. The number of anilines is 1. The third-order valence-corrected chi connectivity index (χ3v) is 8.14. The van der Waals surface area contributed by atoms with Crippen LogP contribution >= 0.6 is 11.6 Å². The molecule has 0 atom stereocenters. The molecular weight excluding hydrogens is 452 g/mol.